The lowest BCUT2D eigenvalue weighted by atomic mass is 10.2. The highest BCUT2D eigenvalue weighted by Crippen LogP contribution is 2.14. The van der Waals surface area contributed by atoms with Crippen LogP contribution in [0.25, 0.3) is 0 Å². The summed E-state index contributed by atoms with van der Waals surface area (Å²) < 4.78 is 15.2. The van der Waals surface area contributed by atoms with E-state index in [1.165, 1.54) is 0 Å². The summed E-state index contributed by atoms with van der Waals surface area (Å²) in [5, 5.41) is 9.41. The number of ether oxygens (including phenoxy) is 3. The number of aliphatic hydroxyl groups is 1. The van der Waals surface area contributed by atoms with Crippen LogP contribution in [0.3, 0.4) is 0 Å². The summed E-state index contributed by atoms with van der Waals surface area (Å²) in [6.45, 7) is 1.06. The van der Waals surface area contributed by atoms with E-state index in [0.717, 1.165) is 11.3 Å². The molecule has 0 spiro atoms. The maximum absolute atomic E-state index is 9.41. The zero-order chi connectivity index (χ0) is 11.8. The van der Waals surface area contributed by atoms with E-state index in [4.69, 9.17) is 14.2 Å². The van der Waals surface area contributed by atoms with Crippen LogP contribution in [0, 0.1) is 0 Å². The minimum atomic E-state index is -0.601. The number of rotatable bonds is 7. The Morgan fingerprint density at radius 2 is 2.00 bits per heavy atom. The summed E-state index contributed by atoms with van der Waals surface area (Å²) in [5.41, 5.74) is 1.04. The van der Waals surface area contributed by atoms with Crippen LogP contribution in [0.4, 0.5) is 0 Å². The maximum Gasteiger partial charge on any atom is 0.119 e. The molecule has 0 amide bonds. The quantitative estimate of drug-likeness (QED) is 0.759. The Morgan fingerprint density at radius 3 is 2.69 bits per heavy atom. The van der Waals surface area contributed by atoms with Crippen molar-refractivity contribution >= 4 is 0 Å². The highest BCUT2D eigenvalue weighted by atomic mass is 16.5. The zero-order valence-electron chi connectivity index (χ0n) is 9.68. The Bertz CT molecular complexity index is 301. The molecule has 16 heavy (non-hydrogen) atoms. The van der Waals surface area contributed by atoms with Crippen molar-refractivity contribution in [2.45, 2.75) is 12.7 Å². The number of methoxy groups -OCH3 is 2. The first-order valence-corrected chi connectivity index (χ1v) is 5.14. The summed E-state index contributed by atoms with van der Waals surface area (Å²) in [5.74, 6) is 0.727. The number of aliphatic hydroxyl groups excluding tert-OH is 1. The third-order valence-corrected chi connectivity index (χ3v) is 2.01. The first kappa shape index (κ1) is 13.0. The lowest BCUT2D eigenvalue weighted by Gasteiger charge is -2.12. The Morgan fingerprint density at radius 1 is 1.19 bits per heavy atom. The van der Waals surface area contributed by atoms with Crippen molar-refractivity contribution < 1.29 is 19.3 Å². The predicted octanol–water partition coefficient (Wildman–Crippen LogP) is 1.22. The molecule has 0 unspecified atom stereocenters. The van der Waals surface area contributed by atoms with Gasteiger partial charge in [0, 0.05) is 14.2 Å². The summed E-state index contributed by atoms with van der Waals surface area (Å²) in [4.78, 5) is 0. The summed E-state index contributed by atoms with van der Waals surface area (Å²) >= 11 is 0. The molecule has 0 bridgehead atoms. The summed E-state index contributed by atoms with van der Waals surface area (Å²) in [7, 11) is 3.19. The van der Waals surface area contributed by atoms with Crippen molar-refractivity contribution in [2.24, 2.45) is 0 Å². The second kappa shape index (κ2) is 7.22. The average molecular weight is 226 g/mol. The van der Waals surface area contributed by atoms with E-state index in [-0.39, 0.29) is 13.2 Å². The number of hydrogen-bond donors (Lipinski definition) is 1. The second-order valence-corrected chi connectivity index (χ2v) is 3.50. The SMILES string of the molecule is COCc1cccc(OC[C@H](O)COC)c1. The van der Waals surface area contributed by atoms with Gasteiger partial charge in [-0.05, 0) is 17.7 Å². The van der Waals surface area contributed by atoms with Crippen LogP contribution in [-0.2, 0) is 16.1 Å². The van der Waals surface area contributed by atoms with Crippen molar-refractivity contribution in [2.75, 3.05) is 27.4 Å². The van der Waals surface area contributed by atoms with Gasteiger partial charge in [0.05, 0.1) is 13.2 Å². The maximum atomic E-state index is 9.41. The molecule has 1 rings (SSSR count). The van der Waals surface area contributed by atoms with Gasteiger partial charge in [0.25, 0.3) is 0 Å². The van der Waals surface area contributed by atoms with E-state index < -0.39 is 6.10 Å². The molecule has 0 fully saturated rings. The molecule has 4 nitrogen and oxygen atoms in total. The fourth-order valence-electron chi connectivity index (χ4n) is 1.32. The van der Waals surface area contributed by atoms with Crippen molar-refractivity contribution in [3.8, 4) is 5.75 Å². The Balaban J connectivity index is 2.44. The van der Waals surface area contributed by atoms with Gasteiger partial charge in [0.15, 0.2) is 0 Å². The van der Waals surface area contributed by atoms with Crippen molar-refractivity contribution in [1.82, 2.24) is 0 Å². The van der Waals surface area contributed by atoms with E-state index in [0.29, 0.717) is 6.61 Å². The third-order valence-electron chi connectivity index (χ3n) is 2.01. The molecule has 0 aromatic heterocycles. The van der Waals surface area contributed by atoms with Crippen molar-refractivity contribution in [1.29, 1.82) is 0 Å². The van der Waals surface area contributed by atoms with Crippen LogP contribution < -0.4 is 4.74 Å². The predicted molar refractivity (Wildman–Crippen MR) is 60.5 cm³/mol. The number of hydrogen-bond acceptors (Lipinski definition) is 4. The summed E-state index contributed by atoms with van der Waals surface area (Å²) in [6.07, 6.45) is -0.601. The normalized spacial score (nSPS) is 12.4. The number of benzene rings is 1. The van der Waals surface area contributed by atoms with Crippen LogP contribution in [0.1, 0.15) is 5.56 Å². The van der Waals surface area contributed by atoms with Crippen LogP contribution >= 0.6 is 0 Å². The Labute approximate surface area is 95.8 Å². The van der Waals surface area contributed by atoms with E-state index in [1.54, 1.807) is 14.2 Å². The van der Waals surface area contributed by atoms with Gasteiger partial charge in [-0.2, -0.15) is 0 Å². The molecule has 0 saturated heterocycles. The fraction of sp³-hybridized carbons (Fsp3) is 0.500. The molecule has 1 aromatic rings. The van der Waals surface area contributed by atoms with Crippen LogP contribution in [0.2, 0.25) is 0 Å². The van der Waals surface area contributed by atoms with Crippen molar-refractivity contribution in [3.63, 3.8) is 0 Å². The minimum Gasteiger partial charge on any atom is -0.491 e. The van der Waals surface area contributed by atoms with Gasteiger partial charge in [-0.1, -0.05) is 12.1 Å². The molecule has 1 N–H and O–H groups in total. The summed E-state index contributed by atoms with van der Waals surface area (Å²) in [6, 6.07) is 7.59. The monoisotopic (exact) mass is 226 g/mol. The van der Waals surface area contributed by atoms with E-state index in [1.807, 2.05) is 24.3 Å². The van der Waals surface area contributed by atoms with Crippen LogP contribution in [0.15, 0.2) is 24.3 Å². The molecule has 0 radical (unpaired) electrons. The first-order valence-electron chi connectivity index (χ1n) is 5.14. The highest BCUT2D eigenvalue weighted by Gasteiger charge is 2.04. The van der Waals surface area contributed by atoms with Gasteiger partial charge in [-0.3, -0.25) is 0 Å². The molecular formula is C12H18O4. The molecule has 0 aliphatic rings. The van der Waals surface area contributed by atoms with E-state index >= 15 is 0 Å². The molecule has 0 aliphatic carbocycles. The molecule has 0 aliphatic heterocycles. The second-order valence-electron chi connectivity index (χ2n) is 3.50. The molecule has 4 heteroatoms. The van der Waals surface area contributed by atoms with Crippen molar-refractivity contribution in [3.05, 3.63) is 29.8 Å². The van der Waals surface area contributed by atoms with Crippen LogP contribution in [-0.4, -0.2) is 38.6 Å². The minimum absolute atomic E-state index is 0.226. The largest absolute Gasteiger partial charge is 0.491 e. The molecule has 0 heterocycles. The lowest BCUT2D eigenvalue weighted by Crippen LogP contribution is -2.22. The Hall–Kier alpha value is -1.10. The van der Waals surface area contributed by atoms with Gasteiger partial charge < -0.3 is 19.3 Å². The van der Waals surface area contributed by atoms with Gasteiger partial charge in [0.2, 0.25) is 0 Å². The van der Waals surface area contributed by atoms with Gasteiger partial charge in [0.1, 0.15) is 18.5 Å². The molecule has 0 saturated carbocycles. The fourth-order valence-corrected chi connectivity index (χ4v) is 1.32. The standard InChI is InChI=1S/C12H18O4/c1-14-7-10-4-3-5-12(6-10)16-9-11(13)8-15-2/h3-6,11,13H,7-9H2,1-2H3/t11-/m1/s1. The zero-order valence-corrected chi connectivity index (χ0v) is 9.68. The molecule has 90 valence electrons. The van der Waals surface area contributed by atoms with Gasteiger partial charge in [-0.25, -0.2) is 0 Å². The highest BCUT2D eigenvalue weighted by molar-refractivity contribution is 5.28. The smallest absolute Gasteiger partial charge is 0.119 e. The van der Waals surface area contributed by atoms with Gasteiger partial charge in [-0.15, -0.1) is 0 Å². The Kier molecular flexibility index (Phi) is 5.85. The van der Waals surface area contributed by atoms with E-state index in [2.05, 4.69) is 0 Å². The lowest BCUT2D eigenvalue weighted by molar-refractivity contribution is 0.0325. The van der Waals surface area contributed by atoms with Crippen LogP contribution in [0.5, 0.6) is 5.75 Å². The third kappa shape index (κ3) is 4.61. The topological polar surface area (TPSA) is 47.9 Å². The van der Waals surface area contributed by atoms with E-state index in [9.17, 15) is 5.11 Å². The average Bonchev–Trinajstić information content (AvgIpc) is 2.28. The molecule has 1 aromatic carbocycles. The first-order chi connectivity index (χ1) is 7.76. The molecular weight excluding hydrogens is 208 g/mol. The van der Waals surface area contributed by atoms with Gasteiger partial charge >= 0.3 is 0 Å². The molecule has 1 atom stereocenters.